The minimum absolute atomic E-state index is 0.669. The van der Waals surface area contributed by atoms with Crippen molar-refractivity contribution in [3.05, 3.63) is 18.0 Å². The van der Waals surface area contributed by atoms with Crippen molar-refractivity contribution in [3.63, 3.8) is 0 Å². The van der Waals surface area contributed by atoms with Crippen LogP contribution in [0.3, 0.4) is 0 Å². The Balaban J connectivity index is 2.98. The van der Waals surface area contributed by atoms with Gasteiger partial charge in [0.25, 0.3) is 0 Å². The van der Waals surface area contributed by atoms with E-state index >= 15 is 0 Å². The Morgan fingerprint density at radius 2 is 2.56 bits per heavy atom. The Hall–Kier alpha value is -0.700. The first-order valence-corrected chi connectivity index (χ1v) is 3.77. The van der Waals surface area contributed by atoms with E-state index in [9.17, 15) is 4.79 Å². The molecular weight excluding hydrogens is 134 g/mol. The molecule has 1 rings (SSSR count). The molecule has 0 saturated carbocycles. The first kappa shape index (κ1) is 6.42. The second-order valence-electron chi connectivity index (χ2n) is 1.58. The van der Waals surface area contributed by atoms with Gasteiger partial charge in [-0.2, -0.15) is 0 Å². The van der Waals surface area contributed by atoms with Crippen LogP contribution < -0.4 is 0 Å². The van der Waals surface area contributed by atoms with Crippen molar-refractivity contribution in [2.45, 2.75) is 4.90 Å². The fourth-order valence-corrected chi connectivity index (χ4v) is 1.17. The SMILES string of the molecule is CSc1cc[nH]c1C=O. The van der Waals surface area contributed by atoms with Crippen LogP contribution in [0.15, 0.2) is 17.2 Å². The van der Waals surface area contributed by atoms with Crippen LogP contribution in [0.2, 0.25) is 0 Å². The zero-order valence-corrected chi connectivity index (χ0v) is 5.87. The number of carbonyl (C=O) groups is 1. The summed E-state index contributed by atoms with van der Waals surface area (Å²) in [5.74, 6) is 0. The van der Waals surface area contributed by atoms with Crippen LogP contribution in [-0.4, -0.2) is 17.5 Å². The fraction of sp³-hybridized carbons (Fsp3) is 0.167. The number of aromatic nitrogens is 1. The van der Waals surface area contributed by atoms with Gasteiger partial charge in [-0.15, -0.1) is 11.8 Å². The van der Waals surface area contributed by atoms with Crippen molar-refractivity contribution in [3.8, 4) is 0 Å². The van der Waals surface area contributed by atoms with Gasteiger partial charge in [0, 0.05) is 11.1 Å². The molecule has 0 aliphatic heterocycles. The molecule has 9 heavy (non-hydrogen) atoms. The van der Waals surface area contributed by atoms with Crippen LogP contribution in [0.25, 0.3) is 0 Å². The van der Waals surface area contributed by atoms with E-state index in [0.717, 1.165) is 11.2 Å². The van der Waals surface area contributed by atoms with E-state index in [-0.39, 0.29) is 0 Å². The van der Waals surface area contributed by atoms with Gasteiger partial charge in [0.15, 0.2) is 6.29 Å². The molecule has 1 heterocycles. The Labute approximate surface area is 57.7 Å². The average molecular weight is 141 g/mol. The van der Waals surface area contributed by atoms with E-state index in [2.05, 4.69) is 4.98 Å². The number of carbonyl (C=O) groups excluding carboxylic acids is 1. The van der Waals surface area contributed by atoms with Gasteiger partial charge in [-0.3, -0.25) is 4.79 Å². The number of nitrogens with one attached hydrogen (secondary N) is 1. The highest BCUT2D eigenvalue weighted by molar-refractivity contribution is 7.98. The van der Waals surface area contributed by atoms with Gasteiger partial charge in [0.1, 0.15) is 0 Å². The summed E-state index contributed by atoms with van der Waals surface area (Å²) in [6, 6.07) is 1.88. The van der Waals surface area contributed by atoms with Crippen molar-refractivity contribution >= 4 is 18.0 Å². The van der Waals surface area contributed by atoms with Crippen LogP contribution in [-0.2, 0) is 0 Å². The predicted octanol–water partition coefficient (Wildman–Crippen LogP) is 1.55. The van der Waals surface area contributed by atoms with Gasteiger partial charge >= 0.3 is 0 Å². The molecular formula is C6H7NOS. The summed E-state index contributed by atoms with van der Waals surface area (Å²) in [6.07, 6.45) is 4.53. The first-order valence-electron chi connectivity index (χ1n) is 2.55. The summed E-state index contributed by atoms with van der Waals surface area (Å²) >= 11 is 1.56. The molecule has 0 radical (unpaired) electrons. The number of hydrogen-bond donors (Lipinski definition) is 1. The number of rotatable bonds is 2. The van der Waals surface area contributed by atoms with Crippen molar-refractivity contribution < 1.29 is 4.79 Å². The van der Waals surface area contributed by atoms with Gasteiger partial charge in [-0.1, -0.05) is 0 Å². The van der Waals surface area contributed by atoms with E-state index in [0.29, 0.717) is 5.69 Å². The third-order valence-corrected chi connectivity index (χ3v) is 1.87. The van der Waals surface area contributed by atoms with Crippen molar-refractivity contribution in [2.75, 3.05) is 6.26 Å². The Morgan fingerprint density at radius 3 is 3.00 bits per heavy atom. The molecule has 0 atom stereocenters. The largest absolute Gasteiger partial charge is 0.358 e. The first-order chi connectivity index (χ1) is 4.38. The zero-order chi connectivity index (χ0) is 6.69. The molecule has 0 spiro atoms. The maximum Gasteiger partial charge on any atom is 0.167 e. The molecule has 1 N–H and O–H groups in total. The smallest absolute Gasteiger partial charge is 0.167 e. The van der Waals surface area contributed by atoms with E-state index in [1.54, 1.807) is 18.0 Å². The highest BCUT2D eigenvalue weighted by Crippen LogP contribution is 2.16. The number of thioether (sulfide) groups is 1. The van der Waals surface area contributed by atoms with Crippen LogP contribution in [0.4, 0.5) is 0 Å². The van der Waals surface area contributed by atoms with E-state index < -0.39 is 0 Å². The summed E-state index contributed by atoms with van der Waals surface area (Å²) in [5.41, 5.74) is 0.669. The van der Waals surface area contributed by atoms with Gasteiger partial charge in [-0.05, 0) is 12.3 Å². The summed E-state index contributed by atoms with van der Waals surface area (Å²) < 4.78 is 0. The van der Waals surface area contributed by atoms with Crippen LogP contribution in [0.5, 0.6) is 0 Å². The summed E-state index contributed by atoms with van der Waals surface area (Å²) in [4.78, 5) is 14.0. The molecule has 2 nitrogen and oxygen atoms in total. The second kappa shape index (κ2) is 2.73. The minimum atomic E-state index is 0.669. The third-order valence-electron chi connectivity index (χ3n) is 1.08. The monoisotopic (exact) mass is 141 g/mol. The maximum atomic E-state index is 10.2. The Kier molecular flexibility index (Phi) is 1.95. The molecule has 0 saturated heterocycles. The summed E-state index contributed by atoms with van der Waals surface area (Å²) in [5, 5.41) is 0. The molecule has 0 aliphatic carbocycles. The van der Waals surface area contributed by atoms with E-state index in [4.69, 9.17) is 0 Å². The highest BCUT2D eigenvalue weighted by atomic mass is 32.2. The molecule has 1 aromatic heterocycles. The summed E-state index contributed by atoms with van der Waals surface area (Å²) in [6.45, 7) is 0. The lowest BCUT2D eigenvalue weighted by Gasteiger charge is -1.87. The normalized spacial score (nSPS) is 9.44. The molecule has 0 aromatic carbocycles. The highest BCUT2D eigenvalue weighted by Gasteiger charge is 1.97. The zero-order valence-electron chi connectivity index (χ0n) is 5.05. The van der Waals surface area contributed by atoms with Gasteiger partial charge < -0.3 is 4.98 Å². The van der Waals surface area contributed by atoms with Crippen molar-refractivity contribution in [1.29, 1.82) is 0 Å². The minimum Gasteiger partial charge on any atom is -0.358 e. The lowest BCUT2D eigenvalue weighted by Crippen LogP contribution is -1.78. The number of aromatic amines is 1. The number of H-pyrrole nitrogens is 1. The fourth-order valence-electron chi connectivity index (χ4n) is 0.638. The van der Waals surface area contributed by atoms with E-state index in [1.807, 2.05) is 12.3 Å². The molecule has 0 unspecified atom stereocenters. The molecule has 0 aliphatic rings. The van der Waals surface area contributed by atoms with Gasteiger partial charge in [0.2, 0.25) is 0 Å². The van der Waals surface area contributed by atoms with Gasteiger partial charge in [0.05, 0.1) is 5.69 Å². The molecule has 0 bridgehead atoms. The Morgan fingerprint density at radius 1 is 1.78 bits per heavy atom. The summed E-state index contributed by atoms with van der Waals surface area (Å²) in [7, 11) is 0. The number of aldehydes is 1. The van der Waals surface area contributed by atoms with E-state index in [1.165, 1.54) is 0 Å². The molecule has 48 valence electrons. The second-order valence-corrected chi connectivity index (χ2v) is 2.43. The van der Waals surface area contributed by atoms with Gasteiger partial charge in [-0.25, -0.2) is 0 Å². The number of hydrogen-bond acceptors (Lipinski definition) is 2. The predicted molar refractivity (Wildman–Crippen MR) is 38.0 cm³/mol. The van der Waals surface area contributed by atoms with Crippen LogP contribution in [0, 0.1) is 0 Å². The lowest BCUT2D eigenvalue weighted by atomic mass is 10.5. The van der Waals surface area contributed by atoms with Crippen molar-refractivity contribution in [1.82, 2.24) is 4.98 Å². The Bertz CT molecular complexity index is 207. The molecule has 3 heteroatoms. The molecule has 1 aromatic rings. The van der Waals surface area contributed by atoms with Crippen molar-refractivity contribution in [2.24, 2.45) is 0 Å². The van der Waals surface area contributed by atoms with Crippen LogP contribution >= 0.6 is 11.8 Å². The van der Waals surface area contributed by atoms with Crippen LogP contribution in [0.1, 0.15) is 10.5 Å². The quantitative estimate of drug-likeness (QED) is 0.500. The average Bonchev–Trinajstić information content (AvgIpc) is 2.33. The maximum absolute atomic E-state index is 10.2. The molecule has 0 fully saturated rings. The molecule has 0 amide bonds. The standard InChI is InChI=1S/C6H7NOS/c1-9-6-2-3-7-5(6)4-8/h2-4,7H,1H3. The lowest BCUT2D eigenvalue weighted by molar-refractivity contribution is 0.111. The third kappa shape index (κ3) is 1.16. The topological polar surface area (TPSA) is 32.9 Å².